The number of piperidine rings is 1. The first-order valence-electron chi connectivity index (χ1n) is 11.4. The van der Waals surface area contributed by atoms with Crippen molar-refractivity contribution in [1.29, 1.82) is 0 Å². The van der Waals surface area contributed by atoms with Gasteiger partial charge in [0.05, 0.1) is 6.04 Å². The minimum Gasteiger partial charge on any atom is -0.491 e. The molecule has 3 atom stereocenters. The maximum Gasteiger partial charge on any atom is 0.121 e. The molecule has 0 aliphatic carbocycles. The van der Waals surface area contributed by atoms with Gasteiger partial charge < -0.3 is 14.7 Å². The van der Waals surface area contributed by atoms with Crippen molar-refractivity contribution in [3.63, 3.8) is 0 Å². The summed E-state index contributed by atoms with van der Waals surface area (Å²) in [5, 5.41) is 17.1. The van der Waals surface area contributed by atoms with Crippen LogP contribution in [0.2, 0.25) is 0 Å². The molecule has 31 heavy (non-hydrogen) atoms. The van der Waals surface area contributed by atoms with E-state index in [9.17, 15) is 5.11 Å². The highest BCUT2D eigenvalue weighted by Gasteiger charge is 2.34. The number of aliphatic hydroxyl groups is 1. The lowest BCUT2D eigenvalue weighted by atomic mass is 9.93. The van der Waals surface area contributed by atoms with Gasteiger partial charge in [-0.1, -0.05) is 30.3 Å². The molecule has 6 nitrogen and oxygen atoms in total. The maximum absolute atomic E-state index is 10.6. The van der Waals surface area contributed by atoms with Gasteiger partial charge in [0.25, 0.3) is 0 Å². The van der Waals surface area contributed by atoms with E-state index < -0.39 is 6.10 Å². The van der Waals surface area contributed by atoms with Crippen molar-refractivity contribution in [1.82, 2.24) is 9.91 Å². The first-order chi connectivity index (χ1) is 15.2. The third-order valence-electron chi connectivity index (χ3n) is 6.86. The van der Waals surface area contributed by atoms with Crippen LogP contribution in [-0.4, -0.2) is 73.2 Å². The van der Waals surface area contributed by atoms with Crippen LogP contribution in [0.25, 0.3) is 0 Å². The van der Waals surface area contributed by atoms with Crippen molar-refractivity contribution in [2.45, 2.75) is 31.5 Å². The quantitative estimate of drug-likeness (QED) is 0.779. The van der Waals surface area contributed by atoms with Crippen molar-refractivity contribution in [3.05, 3.63) is 59.7 Å². The summed E-state index contributed by atoms with van der Waals surface area (Å²) in [6, 6.07) is 17.3. The third kappa shape index (κ3) is 4.55. The Labute approximate surface area is 184 Å². The molecule has 2 aromatic rings. The first kappa shape index (κ1) is 20.3. The molecule has 6 heteroatoms. The van der Waals surface area contributed by atoms with E-state index in [0.717, 1.165) is 44.8 Å². The highest BCUT2D eigenvalue weighted by atomic mass is 16.5. The molecule has 1 fully saturated rings. The van der Waals surface area contributed by atoms with E-state index in [4.69, 9.17) is 4.74 Å². The van der Waals surface area contributed by atoms with Crippen molar-refractivity contribution in [3.8, 4) is 5.75 Å². The number of fused-ring (bicyclic) bond motifs is 2. The van der Waals surface area contributed by atoms with Gasteiger partial charge in [0.1, 0.15) is 18.5 Å². The number of ether oxygens (including phenoxy) is 1. The van der Waals surface area contributed by atoms with Crippen molar-refractivity contribution < 1.29 is 9.84 Å². The number of rotatable bonds is 6. The van der Waals surface area contributed by atoms with Crippen LogP contribution in [0.4, 0.5) is 5.69 Å². The number of likely N-dealkylation sites (N-methyl/N-ethyl adjacent to an activating group) is 1. The number of β-amino-alcohol motifs (C(OH)–C–C–N with tert-alkyl or cyclic N) is 1. The molecular formula is C25H32N4O2. The first-order valence-corrected chi connectivity index (χ1v) is 11.4. The Morgan fingerprint density at radius 3 is 2.90 bits per heavy atom. The van der Waals surface area contributed by atoms with Gasteiger partial charge in [-0.2, -0.15) is 5.10 Å². The molecule has 164 valence electrons. The lowest BCUT2D eigenvalue weighted by Gasteiger charge is -2.38. The second-order valence-corrected chi connectivity index (χ2v) is 9.02. The van der Waals surface area contributed by atoms with E-state index in [0.29, 0.717) is 25.1 Å². The Kier molecular flexibility index (Phi) is 5.83. The van der Waals surface area contributed by atoms with Gasteiger partial charge in [0.2, 0.25) is 0 Å². The van der Waals surface area contributed by atoms with Crippen LogP contribution in [-0.2, 0) is 13.0 Å². The van der Waals surface area contributed by atoms with Crippen LogP contribution >= 0.6 is 0 Å². The second-order valence-electron chi connectivity index (χ2n) is 9.02. The topological polar surface area (TPSA) is 51.5 Å². The lowest BCUT2D eigenvalue weighted by Crippen LogP contribution is -2.47. The van der Waals surface area contributed by atoms with Crippen LogP contribution in [0.3, 0.4) is 0 Å². The minimum absolute atomic E-state index is 0.308. The molecule has 0 radical (unpaired) electrons. The summed E-state index contributed by atoms with van der Waals surface area (Å²) in [5.74, 6) is 1.39. The molecule has 3 aliphatic rings. The fourth-order valence-corrected chi connectivity index (χ4v) is 5.05. The summed E-state index contributed by atoms with van der Waals surface area (Å²) in [7, 11) is 2.06. The van der Waals surface area contributed by atoms with Crippen LogP contribution in [0, 0.1) is 5.92 Å². The normalized spacial score (nSPS) is 24.1. The SMILES string of the molecule is CN1N=CC2CCN(c3cccc(OCC(O)CN4CCc5ccccc5C4)c3)CC21. The Balaban J connectivity index is 1.13. The molecule has 0 spiro atoms. The van der Waals surface area contributed by atoms with E-state index >= 15 is 0 Å². The van der Waals surface area contributed by atoms with Crippen LogP contribution in [0.15, 0.2) is 53.6 Å². The molecule has 0 bridgehead atoms. The van der Waals surface area contributed by atoms with E-state index in [1.165, 1.54) is 16.8 Å². The average Bonchev–Trinajstić information content (AvgIpc) is 3.18. The summed E-state index contributed by atoms with van der Waals surface area (Å²) in [6.07, 6.45) is 3.77. The van der Waals surface area contributed by atoms with E-state index in [1.54, 1.807) is 0 Å². The highest BCUT2D eigenvalue weighted by molar-refractivity contribution is 5.65. The predicted molar refractivity (Wildman–Crippen MR) is 124 cm³/mol. The molecule has 5 rings (SSSR count). The average molecular weight is 421 g/mol. The number of benzene rings is 2. The third-order valence-corrected chi connectivity index (χ3v) is 6.86. The molecule has 3 heterocycles. The van der Waals surface area contributed by atoms with Gasteiger partial charge in [-0.3, -0.25) is 9.91 Å². The summed E-state index contributed by atoms with van der Waals surface area (Å²) < 4.78 is 5.98. The lowest BCUT2D eigenvalue weighted by molar-refractivity contribution is 0.0638. The van der Waals surface area contributed by atoms with Crippen LogP contribution in [0.1, 0.15) is 17.5 Å². The summed E-state index contributed by atoms with van der Waals surface area (Å²) in [5.41, 5.74) is 3.98. The van der Waals surface area contributed by atoms with E-state index in [-0.39, 0.29) is 0 Å². The molecule has 1 saturated heterocycles. The van der Waals surface area contributed by atoms with Gasteiger partial charge in [0, 0.05) is 63.7 Å². The molecule has 0 amide bonds. The standard InChI is InChI=1S/C25H32N4O2/c1-27-25-17-29(12-10-20(25)14-26-27)22-7-4-8-24(13-22)31-18-23(30)16-28-11-9-19-5-2-3-6-21(19)15-28/h2-8,13-14,20,23,25,30H,9-12,15-18H2,1H3. The summed E-state index contributed by atoms with van der Waals surface area (Å²) in [4.78, 5) is 4.73. The van der Waals surface area contributed by atoms with Crippen molar-refractivity contribution in [2.75, 3.05) is 44.7 Å². The van der Waals surface area contributed by atoms with Gasteiger partial charge >= 0.3 is 0 Å². The van der Waals surface area contributed by atoms with Crippen LogP contribution in [0.5, 0.6) is 5.75 Å². The highest BCUT2D eigenvalue weighted by Crippen LogP contribution is 2.30. The number of anilines is 1. The minimum atomic E-state index is -0.506. The number of hydrogen-bond donors (Lipinski definition) is 1. The zero-order chi connectivity index (χ0) is 21.2. The predicted octanol–water partition coefficient (Wildman–Crippen LogP) is 2.61. The van der Waals surface area contributed by atoms with Gasteiger partial charge in [-0.05, 0) is 36.1 Å². The number of hydrazone groups is 1. The fraction of sp³-hybridized carbons (Fsp3) is 0.480. The van der Waals surface area contributed by atoms with Crippen molar-refractivity contribution in [2.24, 2.45) is 11.0 Å². The maximum atomic E-state index is 10.6. The molecule has 3 aliphatic heterocycles. The van der Waals surface area contributed by atoms with E-state index in [2.05, 4.69) is 69.6 Å². The molecule has 0 saturated carbocycles. The van der Waals surface area contributed by atoms with Gasteiger partial charge in [-0.15, -0.1) is 0 Å². The summed E-state index contributed by atoms with van der Waals surface area (Å²) >= 11 is 0. The Bertz CT molecular complexity index is 933. The summed E-state index contributed by atoms with van der Waals surface area (Å²) in [6.45, 7) is 4.84. The Morgan fingerprint density at radius 2 is 2.00 bits per heavy atom. The number of aliphatic hydroxyl groups excluding tert-OH is 1. The van der Waals surface area contributed by atoms with E-state index in [1.807, 2.05) is 12.1 Å². The monoisotopic (exact) mass is 420 g/mol. The zero-order valence-electron chi connectivity index (χ0n) is 18.2. The van der Waals surface area contributed by atoms with Crippen LogP contribution < -0.4 is 9.64 Å². The number of hydrogen-bond acceptors (Lipinski definition) is 6. The molecule has 3 unspecified atom stereocenters. The fourth-order valence-electron chi connectivity index (χ4n) is 5.05. The number of nitrogens with zero attached hydrogens (tertiary/aromatic N) is 4. The molecular weight excluding hydrogens is 388 g/mol. The Hall–Kier alpha value is -2.57. The largest absolute Gasteiger partial charge is 0.491 e. The molecule has 0 aromatic heterocycles. The second kappa shape index (κ2) is 8.89. The van der Waals surface area contributed by atoms with Gasteiger partial charge in [0.15, 0.2) is 0 Å². The van der Waals surface area contributed by atoms with Crippen molar-refractivity contribution >= 4 is 11.9 Å². The smallest absolute Gasteiger partial charge is 0.121 e. The zero-order valence-corrected chi connectivity index (χ0v) is 18.2. The Morgan fingerprint density at radius 1 is 1.13 bits per heavy atom. The molecule has 1 N–H and O–H groups in total. The van der Waals surface area contributed by atoms with Gasteiger partial charge in [-0.25, -0.2) is 0 Å². The molecule has 2 aromatic carbocycles.